The van der Waals surface area contributed by atoms with Gasteiger partial charge in [0.2, 0.25) is 0 Å². The van der Waals surface area contributed by atoms with Gasteiger partial charge in [-0.15, -0.1) is 0 Å². The largest absolute Gasteiger partial charge is 0.468 e. The number of carbonyl (C=O) groups is 1. The molecule has 1 rings (SSSR count). The zero-order valence-electron chi connectivity index (χ0n) is 8.38. The van der Waals surface area contributed by atoms with Crippen LogP contribution in [0.25, 0.3) is 0 Å². The van der Waals surface area contributed by atoms with Gasteiger partial charge in [-0.25, -0.2) is 4.79 Å². The number of ether oxygens (including phenoxy) is 1. The first-order valence-corrected chi connectivity index (χ1v) is 5.06. The molecule has 0 aliphatic rings. The van der Waals surface area contributed by atoms with Gasteiger partial charge >= 0.3 is 5.97 Å². The van der Waals surface area contributed by atoms with Crippen molar-refractivity contribution in [1.29, 1.82) is 0 Å². The number of hydrogen-bond acceptors (Lipinski definition) is 3. The highest BCUT2D eigenvalue weighted by molar-refractivity contribution is 6.36. The number of esters is 1. The van der Waals surface area contributed by atoms with Crippen molar-refractivity contribution in [3.63, 3.8) is 0 Å². The zero-order valence-corrected chi connectivity index (χ0v) is 9.89. The molecule has 5 heteroatoms. The molecule has 1 N–H and O–H groups in total. The minimum Gasteiger partial charge on any atom is -0.468 e. The molecule has 0 aromatic heterocycles. The quantitative estimate of drug-likeness (QED) is 0.835. The average Bonchev–Trinajstić information content (AvgIpc) is 2.22. The van der Waals surface area contributed by atoms with E-state index in [1.54, 1.807) is 25.2 Å². The lowest BCUT2D eigenvalue weighted by molar-refractivity contribution is -0.143. The fourth-order valence-corrected chi connectivity index (χ4v) is 1.90. The molecular formula is C10H11Cl2NO2. The van der Waals surface area contributed by atoms with Gasteiger partial charge in [-0.05, 0) is 19.2 Å². The second-order valence-corrected chi connectivity index (χ2v) is 3.69. The summed E-state index contributed by atoms with van der Waals surface area (Å²) in [6.07, 6.45) is 0. The fourth-order valence-electron chi connectivity index (χ4n) is 1.28. The van der Waals surface area contributed by atoms with E-state index in [0.717, 1.165) is 0 Å². The van der Waals surface area contributed by atoms with E-state index in [0.29, 0.717) is 15.6 Å². The third-order valence-electron chi connectivity index (χ3n) is 2.01. The zero-order chi connectivity index (χ0) is 11.4. The number of methoxy groups -OCH3 is 1. The van der Waals surface area contributed by atoms with Crippen LogP contribution in [-0.4, -0.2) is 20.1 Å². The Morgan fingerprint density at radius 2 is 1.93 bits per heavy atom. The summed E-state index contributed by atoms with van der Waals surface area (Å²) in [4.78, 5) is 11.4. The molecule has 0 amide bonds. The van der Waals surface area contributed by atoms with Crippen LogP contribution < -0.4 is 5.32 Å². The van der Waals surface area contributed by atoms with Gasteiger partial charge in [0.15, 0.2) is 0 Å². The van der Waals surface area contributed by atoms with Crippen molar-refractivity contribution in [2.24, 2.45) is 0 Å². The molecule has 82 valence electrons. The lowest BCUT2D eigenvalue weighted by Gasteiger charge is -2.16. The Morgan fingerprint density at radius 1 is 1.40 bits per heavy atom. The summed E-state index contributed by atoms with van der Waals surface area (Å²) in [5, 5.41) is 3.68. The van der Waals surface area contributed by atoms with E-state index in [4.69, 9.17) is 23.2 Å². The van der Waals surface area contributed by atoms with Crippen LogP contribution in [0.4, 0.5) is 0 Å². The Hall–Kier alpha value is -0.770. The minimum absolute atomic E-state index is 0.424. The molecule has 0 radical (unpaired) electrons. The van der Waals surface area contributed by atoms with Gasteiger partial charge in [-0.2, -0.15) is 0 Å². The summed E-state index contributed by atoms with van der Waals surface area (Å²) in [6.45, 7) is 0. The first-order valence-electron chi connectivity index (χ1n) is 4.30. The van der Waals surface area contributed by atoms with Crippen molar-refractivity contribution in [1.82, 2.24) is 5.32 Å². The average molecular weight is 248 g/mol. The van der Waals surface area contributed by atoms with E-state index >= 15 is 0 Å². The van der Waals surface area contributed by atoms with Gasteiger partial charge in [0, 0.05) is 15.6 Å². The third-order valence-corrected chi connectivity index (χ3v) is 2.67. The second-order valence-electron chi connectivity index (χ2n) is 2.88. The Morgan fingerprint density at radius 3 is 2.33 bits per heavy atom. The standard InChI is InChI=1S/C10H11Cl2NO2/c1-13-9(10(14)15-2)8-6(11)4-3-5-7(8)12/h3-5,9,13H,1-2H3. The Balaban J connectivity index is 3.17. The van der Waals surface area contributed by atoms with Gasteiger partial charge in [0.25, 0.3) is 0 Å². The molecule has 0 saturated heterocycles. The molecule has 0 bridgehead atoms. The molecule has 0 aliphatic carbocycles. The number of halogens is 2. The minimum atomic E-state index is -0.642. The maximum atomic E-state index is 11.4. The van der Waals surface area contributed by atoms with Gasteiger partial charge in [0.05, 0.1) is 7.11 Å². The molecule has 1 aromatic carbocycles. The lowest BCUT2D eigenvalue weighted by Crippen LogP contribution is -2.27. The SMILES string of the molecule is CNC(C(=O)OC)c1c(Cl)cccc1Cl. The van der Waals surface area contributed by atoms with E-state index in [1.165, 1.54) is 7.11 Å². The fraction of sp³-hybridized carbons (Fsp3) is 0.300. The number of hydrogen-bond donors (Lipinski definition) is 1. The molecule has 1 unspecified atom stereocenters. The van der Waals surface area contributed by atoms with E-state index in [-0.39, 0.29) is 0 Å². The second kappa shape index (κ2) is 5.35. The Labute approximate surface area is 98.3 Å². The van der Waals surface area contributed by atoms with E-state index < -0.39 is 12.0 Å². The smallest absolute Gasteiger partial charge is 0.327 e. The number of benzene rings is 1. The first-order chi connectivity index (χ1) is 7.11. The molecule has 0 fully saturated rings. The van der Waals surface area contributed by atoms with Crippen molar-refractivity contribution in [2.75, 3.05) is 14.2 Å². The lowest BCUT2D eigenvalue weighted by atomic mass is 10.1. The molecule has 1 atom stereocenters. The van der Waals surface area contributed by atoms with Crippen molar-refractivity contribution >= 4 is 29.2 Å². The van der Waals surface area contributed by atoms with Gasteiger partial charge in [0.1, 0.15) is 6.04 Å². The van der Waals surface area contributed by atoms with Crippen molar-refractivity contribution < 1.29 is 9.53 Å². The molecule has 0 spiro atoms. The predicted molar refractivity (Wildman–Crippen MR) is 60.3 cm³/mol. The van der Waals surface area contributed by atoms with Gasteiger partial charge in [-0.1, -0.05) is 29.3 Å². The van der Waals surface area contributed by atoms with Crippen molar-refractivity contribution in [3.8, 4) is 0 Å². The van der Waals surface area contributed by atoms with Crippen LogP contribution in [-0.2, 0) is 9.53 Å². The highest BCUT2D eigenvalue weighted by atomic mass is 35.5. The number of nitrogens with one attached hydrogen (secondary N) is 1. The van der Waals surface area contributed by atoms with E-state index in [1.807, 2.05) is 0 Å². The topological polar surface area (TPSA) is 38.3 Å². The highest BCUT2D eigenvalue weighted by Gasteiger charge is 2.24. The normalized spacial score (nSPS) is 12.3. The Kier molecular flexibility index (Phi) is 4.39. The van der Waals surface area contributed by atoms with Gasteiger partial charge in [-0.3, -0.25) is 0 Å². The Bertz CT molecular complexity index is 348. The summed E-state index contributed by atoms with van der Waals surface area (Å²) in [6, 6.07) is 4.43. The first kappa shape index (κ1) is 12.3. The maximum Gasteiger partial charge on any atom is 0.327 e. The summed E-state index contributed by atoms with van der Waals surface area (Å²) in [5.74, 6) is -0.424. The van der Waals surface area contributed by atoms with Crippen LogP contribution in [0.3, 0.4) is 0 Å². The number of carbonyl (C=O) groups excluding carboxylic acids is 1. The van der Waals surface area contributed by atoms with Crippen LogP contribution in [0, 0.1) is 0 Å². The third kappa shape index (κ3) is 2.62. The number of rotatable bonds is 3. The maximum absolute atomic E-state index is 11.4. The van der Waals surface area contributed by atoms with Crippen molar-refractivity contribution in [3.05, 3.63) is 33.8 Å². The van der Waals surface area contributed by atoms with Crippen LogP contribution in [0.2, 0.25) is 10.0 Å². The molecule has 1 aromatic rings. The van der Waals surface area contributed by atoms with E-state index in [9.17, 15) is 4.79 Å². The highest BCUT2D eigenvalue weighted by Crippen LogP contribution is 2.30. The van der Waals surface area contributed by atoms with E-state index in [2.05, 4.69) is 10.1 Å². The van der Waals surface area contributed by atoms with Crippen molar-refractivity contribution in [2.45, 2.75) is 6.04 Å². The molecular weight excluding hydrogens is 237 g/mol. The molecule has 0 heterocycles. The summed E-state index contributed by atoms with van der Waals surface area (Å²) in [7, 11) is 2.96. The van der Waals surface area contributed by atoms with Crippen LogP contribution in [0.1, 0.15) is 11.6 Å². The molecule has 0 aliphatic heterocycles. The predicted octanol–water partition coefficient (Wildman–Crippen LogP) is 2.43. The molecule has 0 saturated carbocycles. The van der Waals surface area contributed by atoms with Gasteiger partial charge < -0.3 is 10.1 Å². The number of likely N-dealkylation sites (N-methyl/N-ethyl adjacent to an activating group) is 1. The summed E-state index contributed by atoms with van der Waals surface area (Å²) < 4.78 is 4.65. The van der Waals surface area contributed by atoms with Crippen LogP contribution in [0.15, 0.2) is 18.2 Å². The monoisotopic (exact) mass is 247 g/mol. The van der Waals surface area contributed by atoms with Crippen LogP contribution >= 0.6 is 23.2 Å². The molecule has 15 heavy (non-hydrogen) atoms. The summed E-state index contributed by atoms with van der Waals surface area (Å²) >= 11 is 11.9. The molecule has 3 nitrogen and oxygen atoms in total. The summed E-state index contributed by atoms with van der Waals surface area (Å²) in [5.41, 5.74) is 0.537. The van der Waals surface area contributed by atoms with Crippen LogP contribution in [0.5, 0.6) is 0 Å².